The van der Waals surface area contributed by atoms with Crippen LogP contribution in [0, 0.1) is 0 Å². The Bertz CT molecular complexity index is 283. The SMILES string of the molecule is CC(C)(C)OC(=O)N[C@@H]1CCO[C@@H]1C(=O)O. The van der Waals surface area contributed by atoms with Gasteiger partial charge in [-0.3, -0.25) is 0 Å². The fourth-order valence-corrected chi connectivity index (χ4v) is 1.44. The Hall–Kier alpha value is -1.30. The van der Waals surface area contributed by atoms with Crippen LogP contribution in [0.5, 0.6) is 0 Å². The third-order valence-corrected chi connectivity index (χ3v) is 2.04. The molecular formula is C10H17NO5. The Kier molecular flexibility index (Phi) is 3.74. The van der Waals surface area contributed by atoms with Crippen molar-refractivity contribution >= 4 is 12.1 Å². The van der Waals surface area contributed by atoms with Crippen molar-refractivity contribution in [3.05, 3.63) is 0 Å². The van der Waals surface area contributed by atoms with Crippen molar-refractivity contribution in [3.63, 3.8) is 0 Å². The second-order valence-corrected chi connectivity index (χ2v) is 4.67. The Morgan fingerprint density at radius 3 is 2.56 bits per heavy atom. The number of carbonyl (C=O) groups excluding carboxylic acids is 1. The van der Waals surface area contributed by atoms with Crippen LogP contribution in [-0.2, 0) is 14.3 Å². The summed E-state index contributed by atoms with van der Waals surface area (Å²) in [6.07, 6.45) is -1.11. The first kappa shape index (κ1) is 12.8. The number of hydrogen-bond acceptors (Lipinski definition) is 4. The lowest BCUT2D eigenvalue weighted by Crippen LogP contribution is -2.45. The molecule has 0 spiro atoms. The number of alkyl carbamates (subject to hydrolysis) is 1. The molecule has 92 valence electrons. The van der Waals surface area contributed by atoms with Gasteiger partial charge in [-0.25, -0.2) is 9.59 Å². The third-order valence-electron chi connectivity index (χ3n) is 2.04. The fraction of sp³-hybridized carbons (Fsp3) is 0.800. The van der Waals surface area contributed by atoms with E-state index in [1.165, 1.54) is 0 Å². The highest BCUT2D eigenvalue weighted by atomic mass is 16.6. The summed E-state index contributed by atoms with van der Waals surface area (Å²) in [6.45, 7) is 5.56. The zero-order chi connectivity index (χ0) is 12.3. The van der Waals surface area contributed by atoms with Gasteiger partial charge in [0, 0.05) is 6.61 Å². The van der Waals surface area contributed by atoms with Gasteiger partial charge in [0.05, 0.1) is 6.04 Å². The molecule has 1 fully saturated rings. The fourth-order valence-electron chi connectivity index (χ4n) is 1.44. The maximum atomic E-state index is 11.4. The number of carbonyl (C=O) groups is 2. The van der Waals surface area contributed by atoms with E-state index >= 15 is 0 Å². The molecule has 1 heterocycles. The highest BCUT2D eigenvalue weighted by molar-refractivity contribution is 5.76. The van der Waals surface area contributed by atoms with Crippen LogP contribution < -0.4 is 5.32 Å². The Morgan fingerprint density at radius 2 is 2.06 bits per heavy atom. The number of carboxylic acid groups (broad SMARTS) is 1. The van der Waals surface area contributed by atoms with Gasteiger partial charge in [0.25, 0.3) is 0 Å². The number of rotatable bonds is 2. The lowest BCUT2D eigenvalue weighted by atomic mass is 10.1. The molecule has 1 saturated heterocycles. The highest BCUT2D eigenvalue weighted by Crippen LogP contribution is 2.15. The van der Waals surface area contributed by atoms with E-state index in [0.29, 0.717) is 13.0 Å². The maximum Gasteiger partial charge on any atom is 0.407 e. The number of amides is 1. The smallest absolute Gasteiger partial charge is 0.407 e. The van der Waals surface area contributed by atoms with E-state index in [1.807, 2.05) is 0 Å². The first-order valence-corrected chi connectivity index (χ1v) is 5.13. The lowest BCUT2D eigenvalue weighted by Gasteiger charge is -2.22. The average Bonchev–Trinajstić information content (AvgIpc) is 2.47. The zero-order valence-corrected chi connectivity index (χ0v) is 9.65. The van der Waals surface area contributed by atoms with Gasteiger partial charge in [-0.1, -0.05) is 0 Å². The van der Waals surface area contributed by atoms with Crippen molar-refractivity contribution in [3.8, 4) is 0 Å². The number of ether oxygens (including phenoxy) is 2. The summed E-state index contributed by atoms with van der Waals surface area (Å²) < 4.78 is 10.0. The molecule has 0 bridgehead atoms. The van der Waals surface area contributed by atoms with Crippen molar-refractivity contribution < 1.29 is 24.2 Å². The van der Waals surface area contributed by atoms with E-state index < -0.39 is 29.8 Å². The van der Waals surface area contributed by atoms with E-state index in [1.54, 1.807) is 20.8 Å². The van der Waals surface area contributed by atoms with Crippen LogP contribution in [0.25, 0.3) is 0 Å². The van der Waals surface area contributed by atoms with E-state index in [4.69, 9.17) is 14.6 Å². The van der Waals surface area contributed by atoms with Gasteiger partial charge in [0.2, 0.25) is 0 Å². The number of nitrogens with one attached hydrogen (secondary N) is 1. The first-order valence-electron chi connectivity index (χ1n) is 5.13. The molecule has 1 aliphatic rings. The summed E-state index contributed by atoms with van der Waals surface area (Å²) >= 11 is 0. The zero-order valence-electron chi connectivity index (χ0n) is 9.65. The average molecular weight is 231 g/mol. The summed E-state index contributed by atoms with van der Waals surface area (Å²) in [7, 11) is 0. The molecule has 6 heteroatoms. The van der Waals surface area contributed by atoms with Crippen LogP contribution in [0.2, 0.25) is 0 Å². The molecular weight excluding hydrogens is 214 g/mol. The molecule has 0 radical (unpaired) electrons. The van der Waals surface area contributed by atoms with Gasteiger partial charge >= 0.3 is 12.1 Å². The van der Waals surface area contributed by atoms with E-state index in [2.05, 4.69) is 5.32 Å². The summed E-state index contributed by atoms with van der Waals surface area (Å²) in [5, 5.41) is 11.3. The van der Waals surface area contributed by atoms with E-state index in [-0.39, 0.29) is 0 Å². The summed E-state index contributed by atoms with van der Waals surface area (Å²) in [4.78, 5) is 22.2. The molecule has 0 aliphatic carbocycles. The number of hydrogen-bond donors (Lipinski definition) is 2. The number of aliphatic carboxylic acids is 1. The van der Waals surface area contributed by atoms with Crippen molar-refractivity contribution in [1.82, 2.24) is 5.32 Å². The monoisotopic (exact) mass is 231 g/mol. The van der Waals surface area contributed by atoms with E-state index in [9.17, 15) is 9.59 Å². The summed E-state index contributed by atoms with van der Waals surface area (Å²) in [5.41, 5.74) is -0.595. The number of carboxylic acids is 1. The molecule has 0 aromatic rings. The second kappa shape index (κ2) is 4.69. The van der Waals surface area contributed by atoms with Crippen molar-refractivity contribution in [2.75, 3.05) is 6.61 Å². The van der Waals surface area contributed by atoms with Gasteiger partial charge in [0.1, 0.15) is 5.60 Å². The Morgan fingerprint density at radius 1 is 1.44 bits per heavy atom. The molecule has 1 amide bonds. The minimum atomic E-state index is -1.07. The molecule has 0 saturated carbocycles. The standard InChI is InChI=1S/C10H17NO5/c1-10(2,3)16-9(14)11-6-4-5-15-7(6)8(12)13/h6-7H,4-5H2,1-3H3,(H,11,14)(H,12,13)/t6-,7+/m1/s1. The molecule has 0 unspecified atom stereocenters. The molecule has 1 rings (SSSR count). The van der Waals surface area contributed by atoms with Crippen LogP contribution in [0.4, 0.5) is 4.79 Å². The Labute approximate surface area is 93.9 Å². The molecule has 0 aromatic heterocycles. The predicted molar refractivity (Wildman–Crippen MR) is 55.2 cm³/mol. The molecule has 16 heavy (non-hydrogen) atoms. The van der Waals surface area contributed by atoms with Crippen LogP contribution >= 0.6 is 0 Å². The molecule has 1 aliphatic heterocycles. The molecule has 0 aromatic carbocycles. The lowest BCUT2D eigenvalue weighted by molar-refractivity contribution is -0.148. The third kappa shape index (κ3) is 3.69. The predicted octanol–water partition coefficient (Wildman–Crippen LogP) is 0.753. The minimum Gasteiger partial charge on any atom is -0.479 e. The minimum absolute atomic E-state index is 0.331. The largest absolute Gasteiger partial charge is 0.479 e. The normalized spacial score (nSPS) is 25.2. The summed E-state index contributed by atoms with van der Waals surface area (Å²) in [5.74, 6) is -1.07. The molecule has 2 atom stereocenters. The van der Waals surface area contributed by atoms with Crippen LogP contribution in [0.1, 0.15) is 27.2 Å². The van der Waals surface area contributed by atoms with Crippen LogP contribution in [0.3, 0.4) is 0 Å². The van der Waals surface area contributed by atoms with Gasteiger partial charge in [-0.05, 0) is 27.2 Å². The quantitative estimate of drug-likeness (QED) is 0.732. The Balaban J connectivity index is 2.47. The van der Waals surface area contributed by atoms with Gasteiger partial charge in [-0.2, -0.15) is 0 Å². The van der Waals surface area contributed by atoms with Crippen molar-refractivity contribution in [1.29, 1.82) is 0 Å². The van der Waals surface area contributed by atoms with Gasteiger partial charge < -0.3 is 19.9 Å². The van der Waals surface area contributed by atoms with Crippen LogP contribution in [-0.4, -0.2) is 41.5 Å². The molecule has 6 nitrogen and oxygen atoms in total. The van der Waals surface area contributed by atoms with Gasteiger partial charge in [0.15, 0.2) is 6.10 Å². The molecule has 2 N–H and O–H groups in total. The van der Waals surface area contributed by atoms with Gasteiger partial charge in [-0.15, -0.1) is 0 Å². The van der Waals surface area contributed by atoms with Crippen molar-refractivity contribution in [2.45, 2.75) is 44.9 Å². The van der Waals surface area contributed by atoms with Crippen molar-refractivity contribution in [2.24, 2.45) is 0 Å². The topological polar surface area (TPSA) is 84.9 Å². The maximum absolute atomic E-state index is 11.4. The second-order valence-electron chi connectivity index (χ2n) is 4.67. The van der Waals surface area contributed by atoms with Crippen LogP contribution in [0.15, 0.2) is 0 Å². The van der Waals surface area contributed by atoms with E-state index in [0.717, 1.165) is 0 Å². The summed E-state index contributed by atoms with van der Waals surface area (Å²) in [6, 6.07) is -0.521. The highest BCUT2D eigenvalue weighted by Gasteiger charge is 2.36. The first-order chi connectivity index (χ1) is 7.29.